The third-order valence-electron chi connectivity index (χ3n) is 4.05. The molecular formula is C18H21N5O3S. The van der Waals surface area contributed by atoms with Gasteiger partial charge in [0.2, 0.25) is 5.95 Å². The number of cyclic esters (lactones) is 1. The molecule has 0 saturated heterocycles. The van der Waals surface area contributed by atoms with E-state index in [1.165, 1.54) is 11.8 Å². The van der Waals surface area contributed by atoms with Gasteiger partial charge in [0, 0.05) is 23.4 Å². The van der Waals surface area contributed by atoms with Gasteiger partial charge in [-0.15, -0.1) is 11.8 Å². The summed E-state index contributed by atoms with van der Waals surface area (Å²) < 4.78 is 5.04. The molecule has 2 aromatic rings. The Balaban J connectivity index is 2.03. The van der Waals surface area contributed by atoms with Crippen LogP contribution in [0, 0.1) is 13.8 Å². The van der Waals surface area contributed by atoms with Gasteiger partial charge in [0.05, 0.1) is 12.2 Å². The second-order valence-corrected chi connectivity index (χ2v) is 7.21. The van der Waals surface area contributed by atoms with Crippen molar-refractivity contribution in [3.05, 3.63) is 34.9 Å². The maximum atomic E-state index is 12.5. The highest BCUT2D eigenvalue weighted by Crippen LogP contribution is 2.28. The molecule has 1 aliphatic heterocycles. The maximum Gasteiger partial charge on any atom is 0.407 e. The van der Waals surface area contributed by atoms with Gasteiger partial charge in [-0.2, -0.15) is 0 Å². The van der Waals surface area contributed by atoms with Crippen molar-refractivity contribution in [3.63, 3.8) is 0 Å². The summed E-state index contributed by atoms with van der Waals surface area (Å²) >= 11 is 1.46. The SMILES string of the molecule is Cc1cc(C)c2cc1C(=O)NCCOC(=O)NCCSc1cc-2nc(N)n1. The molecule has 0 radical (unpaired) electrons. The van der Waals surface area contributed by atoms with Gasteiger partial charge < -0.3 is 21.1 Å². The number of amides is 2. The second-order valence-electron chi connectivity index (χ2n) is 6.10. The number of anilines is 1. The molecule has 142 valence electrons. The molecule has 2 heterocycles. The number of aryl methyl sites for hydroxylation is 2. The Hall–Kier alpha value is -2.81. The fourth-order valence-corrected chi connectivity index (χ4v) is 3.56. The number of nitrogens with zero attached hydrogens (tertiary/aromatic N) is 2. The van der Waals surface area contributed by atoms with E-state index in [0.717, 1.165) is 16.7 Å². The van der Waals surface area contributed by atoms with E-state index in [2.05, 4.69) is 20.6 Å². The van der Waals surface area contributed by atoms with Crippen molar-refractivity contribution in [2.75, 3.05) is 31.2 Å². The monoisotopic (exact) mass is 387 g/mol. The molecule has 27 heavy (non-hydrogen) atoms. The van der Waals surface area contributed by atoms with Crippen molar-refractivity contribution in [2.24, 2.45) is 0 Å². The summed E-state index contributed by atoms with van der Waals surface area (Å²) in [6.07, 6.45) is -0.520. The first-order valence-corrected chi connectivity index (χ1v) is 9.50. The predicted octanol–water partition coefficient (Wildman–Crippen LogP) is 1.90. The minimum atomic E-state index is -0.520. The molecule has 8 nitrogen and oxygen atoms in total. The highest BCUT2D eigenvalue weighted by atomic mass is 32.2. The molecule has 0 aliphatic carbocycles. The molecule has 3 rings (SSSR count). The predicted molar refractivity (Wildman–Crippen MR) is 104 cm³/mol. The number of thioether (sulfide) groups is 1. The lowest BCUT2D eigenvalue weighted by molar-refractivity contribution is 0.0933. The zero-order valence-electron chi connectivity index (χ0n) is 15.2. The summed E-state index contributed by atoms with van der Waals surface area (Å²) in [7, 11) is 0. The number of nitrogens with one attached hydrogen (secondary N) is 2. The summed E-state index contributed by atoms with van der Waals surface area (Å²) in [5, 5.41) is 6.12. The molecule has 0 saturated carbocycles. The lowest BCUT2D eigenvalue weighted by Crippen LogP contribution is -2.32. The largest absolute Gasteiger partial charge is 0.448 e. The topological polar surface area (TPSA) is 119 Å². The van der Waals surface area contributed by atoms with Crippen molar-refractivity contribution in [1.29, 1.82) is 0 Å². The highest BCUT2D eigenvalue weighted by Gasteiger charge is 2.15. The van der Waals surface area contributed by atoms with Crippen molar-refractivity contribution in [1.82, 2.24) is 20.6 Å². The molecule has 1 aromatic heterocycles. The summed E-state index contributed by atoms with van der Waals surface area (Å²) in [5.41, 5.74) is 9.76. The summed E-state index contributed by atoms with van der Waals surface area (Å²) in [4.78, 5) is 32.7. The van der Waals surface area contributed by atoms with E-state index in [1.54, 1.807) is 0 Å². The van der Waals surface area contributed by atoms with Crippen molar-refractivity contribution in [2.45, 2.75) is 18.9 Å². The number of benzene rings is 1. The van der Waals surface area contributed by atoms with Gasteiger partial charge in [0.15, 0.2) is 0 Å². The average molecular weight is 387 g/mol. The fourth-order valence-electron chi connectivity index (χ4n) is 2.79. The van der Waals surface area contributed by atoms with Crippen LogP contribution < -0.4 is 16.4 Å². The number of alkyl carbamates (subject to hydrolysis) is 1. The molecule has 9 heteroatoms. The van der Waals surface area contributed by atoms with E-state index in [-0.39, 0.29) is 25.0 Å². The van der Waals surface area contributed by atoms with E-state index in [1.807, 2.05) is 32.0 Å². The van der Waals surface area contributed by atoms with Crippen LogP contribution in [-0.4, -0.2) is 47.4 Å². The van der Waals surface area contributed by atoms with Gasteiger partial charge in [-0.1, -0.05) is 6.07 Å². The van der Waals surface area contributed by atoms with E-state index < -0.39 is 6.09 Å². The number of hydrogen-bond donors (Lipinski definition) is 3. The maximum absolute atomic E-state index is 12.5. The summed E-state index contributed by atoms with van der Waals surface area (Å²) in [6, 6.07) is 5.60. The molecule has 4 bridgehead atoms. The van der Waals surface area contributed by atoms with Crippen molar-refractivity contribution < 1.29 is 14.3 Å². The van der Waals surface area contributed by atoms with Crippen LogP contribution in [0.4, 0.5) is 10.7 Å². The third kappa shape index (κ3) is 4.68. The standard InChI is InChI=1S/C18H21N5O3S/c1-10-7-11(2)13-8-12(10)14-9-15(23-17(19)22-14)27-6-4-21-18(25)26-5-3-20-16(13)24/h7-9H,3-6H2,1-2H3,(H,20,24)(H,21,25)(H2,19,22,23). The average Bonchev–Trinajstić information content (AvgIpc) is 2.61. The number of nitrogen functional groups attached to an aromatic ring is 1. The first-order valence-electron chi connectivity index (χ1n) is 8.52. The lowest BCUT2D eigenvalue weighted by Gasteiger charge is -2.14. The third-order valence-corrected chi connectivity index (χ3v) is 4.97. The Morgan fingerprint density at radius 1 is 1.04 bits per heavy atom. The van der Waals surface area contributed by atoms with Crippen LogP contribution in [0.1, 0.15) is 21.5 Å². The summed E-state index contributed by atoms with van der Waals surface area (Å²) in [6.45, 7) is 4.60. The quantitative estimate of drug-likeness (QED) is 0.591. The van der Waals surface area contributed by atoms with E-state index >= 15 is 0 Å². The lowest BCUT2D eigenvalue weighted by atomic mass is 9.97. The molecule has 2 amide bonds. The molecule has 0 fully saturated rings. The normalized spacial score (nSPS) is 15.5. The Morgan fingerprint density at radius 2 is 1.81 bits per heavy atom. The van der Waals surface area contributed by atoms with Crippen molar-refractivity contribution >= 4 is 29.7 Å². The fraction of sp³-hybridized carbons (Fsp3) is 0.333. The van der Waals surface area contributed by atoms with Gasteiger partial charge in [-0.05, 0) is 37.1 Å². The van der Waals surface area contributed by atoms with Gasteiger partial charge in [0.1, 0.15) is 11.6 Å². The number of hydrogen-bond acceptors (Lipinski definition) is 7. The van der Waals surface area contributed by atoms with Crippen LogP contribution in [0.2, 0.25) is 0 Å². The van der Waals surface area contributed by atoms with Gasteiger partial charge in [-0.25, -0.2) is 14.8 Å². The van der Waals surface area contributed by atoms with Crippen LogP contribution in [0.15, 0.2) is 23.2 Å². The smallest absolute Gasteiger partial charge is 0.407 e. The van der Waals surface area contributed by atoms with Gasteiger partial charge >= 0.3 is 6.09 Å². The highest BCUT2D eigenvalue weighted by molar-refractivity contribution is 7.99. The zero-order valence-corrected chi connectivity index (χ0v) is 16.0. The number of ether oxygens (including phenoxy) is 1. The van der Waals surface area contributed by atoms with Crippen LogP contribution in [0.3, 0.4) is 0 Å². The zero-order chi connectivity index (χ0) is 19.4. The number of carbonyl (C=O) groups excluding carboxylic acids is 2. The van der Waals surface area contributed by atoms with Crippen LogP contribution in [-0.2, 0) is 4.74 Å². The number of fused-ring (bicyclic) bond motifs is 5. The van der Waals surface area contributed by atoms with E-state index in [9.17, 15) is 9.59 Å². The number of carbonyl (C=O) groups is 2. The Labute approximate surface area is 161 Å². The molecule has 0 unspecified atom stereocenters. The molecule has 1 aromatic carbocycles. The molecule has 0 spiro atoms. The van der Waals surface area contributed by atoms with Crippen LogP contribution in [0.25, 0.3) is 11.3 Å². The van der Waals surface area contributed by atoms with Crippen LogP contribution in [0.5, 0.6) is 0 Å². The van der Waals surface area contributed by atoms with Gasteiger partial charge in [-0.3, -0.25) is 4.79 Å². The van der Waals surface area contributed by atoms with Crippen molar-refractivity contribution in [3.8, 4) is 11.3 Å². The van der Waals surface area contributed by atoms with E-state index in [4.69, 9.17) is 10.5 Å². The summed E-state index contributed by atoms with van der Waals surface area (Å²) in [5.74, 6) is 0.538. The molecular weight excluding hydrogens is 366 g/mol. The second kappa shape index (κ2) is 8.26. The Morgan fingerprint density at radius 3 is 2.63 bits per heavy atom. The molecule has 1 aliphatic rings. The Kier molecular flexibility index (Phi) is 5.80. The van der Waals surface area contributed by atoms with Gasteiger partial charge in [0.25, 0.3) is 5.91 Å². The number of rotatable bonds is 0. The van der Waals surface area contributed by atoms with Crippen LogP contribution >= 0.6 is 11.8 Å². The first kappa shape index (κ1) is 19.0. The first-order chi connectivity index (χ1) is 12.9. The minimum Gasteiger partial charge on any atom is -0.448 e. The minimum absolute atomic E-state index is 0.0984. The van der Waals surface area contributed by atoms with E-state index in [0.29, 0.717) is 28.6 Å². The Bertz CT molecular complexity index is 888. The number of aromatic nitrogens is 2. The molecule has 4 N–H and O–H groups in total. The number of nitrogens with two attached hydrogens (primary N) is 1. The molecule has 0 atom stereocenters.